The Labute approximate surface area is 76.6 Å². The first-order valence-electron chi connectivity index (χ1n) is 4.65. The zero-order valence-corrected chi connectivity index (χ0v) is 7.27. The molecule has 0 aromatic heterocycles. The molecule has 1 fully saturated rings. The molecule has 1 N–H and O–H groups in total. The average Bonchev–Trinajstić information content (AvgIpc) is 2.16. The van der Waals surface area contributed by atoms with Crippen molar-refractivity contribution in [3.8, 4) is 0 Å². The molecule has 4 aliphatic rings. The SMILES string of the molecule is O[C@@]12CC=CC[C@@]13C=C[C@@H](C2)OO3. The predicted molar refractivity (Wildman–Crippen MR) is 45.8 cm³/mol. The lowest BCUT2D eigenvalue weighted by atomic mass is 9.68. The molecule has 0 saturated carbocycles. The summed E-state index contributed by atoms with van der Waals surface area (Å²) < 4.78 is 0. The Morgan fingerprint density at radius 3 is 2.85 bits per heavy atom. The molecule has 70 valence electrons. The van der Waals surface area contributed by atoms with Crippen LogP contribution >= 0.6 is 0 Å². The van der Waals surface area contributed by atoms with Crippen LogP contribution in [0.25, 0.3) is 0 Å². The summed E-state index contributed by atoms with van der Waals surface area (Å²) in [6, 6.07) is 0. The second kappa shape index (κ2) is 2.23. The highest BCUT2D eigenvalue weighted by molar-refractivity contribution is 5.27. The highest BCUT2D eigenvalue weighted by Crippen LogP contribution is 2.48. The van der Waals surface area contributed by atoms with Crippen molar-refractivity contribution in [2.45, 2.75) is 36.6 Å². The van der Waals surface area contributed by atoms with E-state index in [1.807, 2.05) is 24.3 Å². The molecule has 2 heterocycles. The fraction of sp³-hybridized carbons (Fsp3) is 0.600. The summed E-state index contributed by atoms with van der Waals surface area (Å²) in [5.74, 6) is 0. The zero-order chi connectivity index (χ0) is 8.94. The number of rotatable bonds is 0. The van der Waals surface area contributed by atoms with Crippen LogP contribution in [0.15, 0.2) is 24.3 Å². The molecule has 0 amide bonds. The first-order valence-corrected chi connectivity index (χ1v) is 4.65. The molecular formula is C10H12O3. The Bertz CT molecular complexity index is 297. The Morgan fingerprint density at radius 1 is 1.31 bits per heavy atom. The molecule has 1 spiro atoms. The number of fused-ring (bicyclic) bond motifs is 1. The lowest BCUT2D eigenvalue weighted by Gasteiger charge is -2.52. The fourth-order valence-electron chi connectivity index (χ4n) is 2.40. The van der Waals surface area contributed by atoms with Gasteiger partial charge in [-0.2, -0.15) is 0 Å². The van der Waals surface area contributed by atoms with Crippen molar-refractivity contribution in [1.29, 1.82) is 0 Å². The molecule has 0 radical (unpaired) electrons. The van der Waals surface area contributed by atoms with Gasteiger partial charge in [0.2, 0.25) is 0 Å². The Morgan fingerprint density at radius 2 is 2.15 bits per heavy atom. The number of hydrogen-bond donors (Lipinski definition) is 1. The van der Waals surface area contributed by atoms with Crippen LogP contribution in [0.5, 0.6) is 0 Å². The molecule has 0 unspecified atom stereocenters. The minimum absolute atomic E-state index is 0.0709. The molecule has 13 heavy (non-hydrogen) atoms. The van der Waals surface area contributed by atoms with Gasteiger partial charge in [0.15, 0.2) is 5.60 Å². The van der Waals surface area contributed by atoms with Gasteiger partial charge in [-0.3, -0.25) is 0 Å². The highest BCUT2D eigenvalue weighted by atomic mass is 17.2. The third-order valence-electron chi connectivity index (χ3n) is 3.27. The molecule has 3 heteroatoms. The van der Waals surface area contributed by atoms with Crippen LogP contribution in [0.2, 0.25) is 0 Å². The maximum atomic E-state index is 10.4. The first-order chi connectivity index (χ1) is 6.24. The highest BCUT2D eigenvalue weighted by Gasteiger charge is 2.57. The van der Waals surface area contributed by atoms with Gasteiger partial charge in [0.1, 0.15) is 11.7 Å². The van der Waals surface area contributed by atoms with Crippen LogP contribution < -0.4 is 0 Å². The normalized spacial score (nSPS) is 52.2. The average molecular weight is 180 g/mol. The second-order valence-electron chi connectivity index (χ2n) is 4.08. The molecule has 0 aromatic rings. The molecule has 0 aromatic carbocycles. The molecule has 3 atom stereocenters. The smallest absolute Gasteiger partial charge is 0.154 e. The summed E-state index contributed by atoms with van der Waals surface area (Å²) in [6.07, 6.45) is 9.93. The van der Waals surface area contributed by atoms with E-state index in [-0.39, 0.29) is 6.10 Å². The van der Waals surface area contributed by atoms with E-state index in [1.54, 1.807) is 0 Å². The third kappa shape index (κ3) is 0.843. The summed E-state index contributed by atoms with van der Waals surface area (Å²) >= 11 is 0. The number of hydrogen-bond acceptors (Lipinski definition) is 3. The van der Waals surface area contributed by atoms with E-state index < -0.39 is 11.2 Å². The third-order valence-corrected chi connectivity index (χ3v) is 3.27. The summed E-state index contributed by atoms with van der Waals surface area (Å²) in [4.78, 5) is 10.4. The molecule has 4 rings (SSSR count). The van der Waals surface area contributed by atoms with Gasteiger partial charge in [0, 0.05) is 12.8 Å². The topological polar surface area (TPSA) is 38.7 Å². The van der Waals surface area contributed by atoms with Crippen molar-refractivity contribution >= 4 is 0 Å². The summed E-state index contributed by atoms with van der Waals surface area (Å²) in [6.45, 7) is 0. The van der Waals surface area contributed by atoms with Gasteiger partial charge < -0.3 is 5.11 Å². The lowest BCUT2D eigenvalue weighted by molar-refractivity contribution is -0.436. The molecule has 2 aliphatic heterocycles. The maximum Gasteiger partial charge on any atom is 0.154 e. The Balaban J connectivity index is 2.10. The van der Waals surface area contributed by atoms with E-state index in [0.717, 1.165) is 0 Å². The van der Waals surface area contributed by atoms with Crippen LogP contribution in [0.3, 0.4) is 0 Å². The van der Waals surface area contributed by atoms with Crippen LogP contribution in [0.4, 0.5) is 0 Å². The second-order valence-corrected chi connectivity index (χ2v) is 4.08. The van der Waals surface area contributed by atoms with Gasteiger partial charge in [-0.25, -0.2) is 9.78 Å². The lowest BCUT2D eigenvalue weighted by Crippen LogP contribution is -2.63. The quantitative estimate of drug-likeness (QED) is 0.448. The minimum Gasteiger partial charge on any atom is -0.386 e. The first kappa shape index (κ1) is 7.74. The molecule has 2 bridgehead atoms. The summed E-state index contributed by atoms with van der Waals surface area (Å²) in [5, 5.41) is 10.4. The summed E-state index contributed by atoms with van der Waals surface area (Å²) in [7, 11) is 0. The van der Waals surface area contributed by atoms with Gasteiger partial charge in [-0.15, -0.1) is 0 Å². The number of aliphatic hydroxyl groups is 1. The van der Waals surface area contributed by atoms with E-state index >= 15 is 0 Å². The van der Waals surface area contributed by atoms with Crippen LogP contribution in [0, 0.1) is 0 Å². The van der Waals surface area contributed by atoms with Crippen molar-refractivity contribution in [2.24, 2.45) is 0 Å². The molecule has 3 nitrogen and oxygen atoms in total. The van der Waals surface area contributed by atoms with E-state index in [1.165, 1.54) is 0 Å². The van der Waals surface area contributed by atoms with E-state index in [9.17, 15) is 5.11 Å². The van der Waals surface area contributed by atoms with Gasteiger partial charge in [-0.1, -0.05) is 18.2 Å². The van der Waals surface area contributed by atoms with Gasteiger partial charge in [-0.05, 0) is 12.5 Å². The van der Waals surface area contributed by atoms with Crippen molar-refractivity contribution in [2.75, 3.05) is 0 Å². The Kier molecular flexibility index (Phi) is 1.33. The summed E-state index contributed by atoms with van der Waals surface area (Å²) in [5.41, 5.74) is -1.37. The largest absolute Gasteiger partial charge is 0.386 e. The Hall–Kier alpha value is -0.640. The predicted octanol–water partition coefficient (Wildman–Crippen LogP) is 1.10. The van der Waals surface area contributed by atoms with Crippen molar-refractivity contribution < 1.29 is 14.9 Å². The zero-order valence-electron chi connectivity index (χ0n) is 7.27. The standard InChI is InChI=1S/C10H12O3/c11-9-4-1-2-5-10(9)6-3-8(7-9)12-13-10/h1-3,6,8,11H,4-5,7H2/t8-,9+,10+/m0/s1. The van der Waals surface area contributed by atoms with E-state index in [2.05, 4.69) is 0 Å². The van der Waals surface area contributed by atoms with Crippen LogP contribution in [-0.2, 0) is 9.78 Å². The molecule has 2 aliphatic carbocycles. The van der Waals surface area contributed by atoms with E-state index in [4.69, 9.17) is 9.78 Å². The molecule has 1 saturated heterocycles. The van der Waals surface area contributed by atoms with Crippen molar-refractivity contribution in [3.05, 3.63) is 24.3 Å². The van der Waals surface area contributed by atoms with Gasteiger partial charge in [0.25, 0.3) is 0 Å². The monoisotopic (exact) mass is 180 g/mol. The van der Waals surface area contributed by atoms with Crippen LogP contribution in [0.1, 0.15) is 19.3 Å². The maximum absolute atomic E-state index is 10.4. The fourth-order valence-corrected chi connectivity index (χ4v) is 2.40. The van der Waals surface area contributed by atoms with Gasteiger partial charge in [0.05, 0.1) is 0 Å². The minimum atomic E-state index is -0.751. The van der Waals surface area contributed by atoms with E-state index in [0.29, 0.717) is 19.3 Å². The van der Waals surface area contributed by atoms with Crippen molar-refractivity contribution in [3.63, 3.8) is 0 Å². The van der Waals surface area contributed by atoms with Crippen molar-refractivity contribution in [1.82, 2.24) is 0 Å². The van der Waals surface area contributed by atoms with Crippen LogP contribution in [-0.4, -0.2) is 22.4 Å². The molecular weight excluding hydrogens is 168 g/mol. The van der Waals surface area contributed by atoms with Gasteiger partial charge >= 0.3 is 0 Å².